The fourth-order valence-corrected chi connectivity index (χ4v) is 2.38. The van der Waals surface area contributed by atoms with Gasteiger partial charge in [0.1, 0.15) is 10.4 Å². The van der Waals surface area contributed by atoms with E-state index in [1.807, 2.05) is 11.8 Å². The van der Waals surface area contributed by atoms with Crippen molar-refractivity contribution in [2.75, 3.05) is 24.6 Å². The van der Waals surface area contributed by atoms with E-state index in [4.69, 9.17) is 4.74 Å². The Hall–Kier alpha value is -0.820. The van der Waals surface area contributed by atoms with Crippen LogP contribution < -0.4 is 4.90 Å². The van der Waals surface area contributed by atoms with Crippen LogP contribution in [-0.4, -0.2) is 30.8 Å². The summed E-state index contributed by atoms with van der Waals surface area (Å²) in [6.45, 7) is 3.74. The Bertz CT molecular complexity index is 439. The van der Waals surface area contributed by atoms with Crippen LogP contribution in [0.3, 0.4) is 0 Å². The molecule has 18 heavy (non-hydrogen) atoms. The van der Waals surface area contributed by atoms with E-state index in [-0.39, 0.29) is 10.7 Å². The van der Waals surface area contributed by atoms with Gasteiger partial charge in [-0.3, -0.25) is 0 Å². The van der Waals surface area contributed by atoms with Crippen LogP contribution in [0.5, 0.6) is 0 Å². The average molecular weight is 325 g/mol. The minimum Gasteiger partial charge on any atom is -0.375 e. The largest absolute Gasteiger partial charge is 0.419 e. The van der Waals surface area contributed by atoms with E-state index in [9.17, 15) is 13.2 Å². The highest BCUT2D eigenvalue weighted by atomic mass is 79.9. The molecule has 0 spiro atoms. The van der Waals surface area contributed by atoms with Crippen LogP contribution in [0.25, 0.3) is 0 Å². The molecule has 1 aliphatic heterocycles. The third-order valence-corrected chi connectivity index (χ3v) is 3.31. The SMILES string of the molecule is C[C@H]1CN(c2ccc(C(F)(F)F)c(Br)n2)CCO1. The minimum absolute atomic E-state index is 0.0571. The topological polar surface area (TPSA) is 25.4 Å². The van der Waals surface area contributed by atoms with Crippen molar-refractivity contribution < 1.29 is 17.9 Å². The first-order valence-corrected chi connectivity index (χ1v) is 6.27. The maximum Gasteiger partial charge on any atom is 0.419 e. The highest BCUT2D eigenvalue weighted by Gasteiger charge is 2.34. The molecule has 1 saturated heterocycles. The van der Waals surface area contributed by atoms with Crippen LogP contribution in [0, 0.1) is 0 Å². The molecule has 0 unspecified atom stereocenters. The molecule has 3 nitrogen and oxygen atoms in total. The van der Waals surface area contributed by atoms with Crippen molar-refractivity contribution in [2.24, 2.45) is 0 Å². The lowest BCUT2D eigenvalue weighted by Crippen LogP contribution is -2.41. The minimum atomic E-state index is -4.39. The number of ether oxygens (including phenoxy) is 1. The number of anilines is 1. The van der Waals surface area contributed by atoms with E-state index in [0.29, 0.717) is 25.5 Å². The number of rotatable bonds is 1. The second kappa shape index (κ2) is 5.05. The Kier molecular flexibility index (Phi) is 3.82. The molecule has 100 valence electrons. The van der Waals surface area contributed by atoms with E-state index in [0.717, 1.165) is 6.07 Å². The summed E-state index contributed by atoms with van der Waals surface area (Å²) in [6.07, 6.45) is -4.33. The molecule has 0 aliphatic carbocycles. The molecule has 0 N–H and O–H groups in total. The summed E-state index contributed by atoms with van der Waals surface area (Å²) in [4.78, 5) is 5.88. The number of nitrogens with zero attached hydrogens (tertiary/aromatic N) is 2. The molecule has 7 heteroatoms. The van der Waals surface area contributed by atoms with Gasteiger partial charge in [0, 0.05) is 13.1 Å². The van der Waals surface area contributed by atoms with Crippen molar-refractivity contribution in [3.8, 4) is 0 Å². The molecule has 1 fully saturated rings. The zero-order valence-electron chi connectivity index (χ0n) is 9.67. The lowest BCUT2D eigenvalue weighted by Gasteiger charge is -2.32. The number of morpholine rings is 1. The van der Waals surface area contributed by atoms with E-state index >= 15 is 0 Å². The number of hydrogen-bond acceptors (Lipinski definition) is 3. The van der Waals surface area contributed by atoms with Gasteiger partial charge < -0.3 is 9.64 Å². The van der Waals surface area contributed by atoms with Gasteiger partial charge in [-0.05, 0) is 35.0 Å². The highest BCUT2D eigenvalue weighted by Crippen LogP contribution is 2.35. The van der Waals surface area contributed by atoms with Gasteiger partial charge in [0.05, 0.1) is 18.3 Å². The summed E-state index contributed by atoms with van der Waals surface area (Å²) < 4.78 is 42.9. The summed E-state index contributed by atoms with van der Waals surface area (Å²) in [6, 6.07) is 2.44. The third kappa shape index (κ3) is 2.95. The maximum absolute atomic E-state index is 12.6. The molecule has 1 aromatic rings. The normalized spacial score (nSPS) is 21.2. The molecule has 1 aliphatic rings. The molecular formula is C11H12BrF3N2O. The Balaban J connectivity index is 2.23. The first kappa shape index (κ1) is 13.6. The Morgan fingerprint density at radius 1 is 1.44 bits per heavy atom. The van der Waals surface area contributed by atoms with E-state index in [2.05, 4.69) is 20.9 Å². The molecule has 0 radical (unpaired) electrons. The molecular weight excluding hydrogens is 313 g/mol. The van der Waals surface area contributed by atoms with Crippen molar-refractivity contribution in [3.05, 3.63) is 22.3 Å². The molecule has 0 saturated carbocycles. The predicted molar refractivity (Wildman–Crippen MR) is 64.6 cm³/mol. The van der Waals surface area contributed by atoms with Crippen LogP contribution >= 0.6 is 15.9 Å². The fraction of sp³-hybridized carbons (Fsp3) is 0.545. The molecule has 1 atom stereocenters. The summed E-state index contributed by atoms with van der Waals surface area (Å²) in [5.74, 6) is 0.532. The monoisotopic (exact) mass is 324 g/mol. The first-order valence-electron chi connectivity index (χ1n) is 5.48. The van der Waals surface area contributed by atoms with Gasteiger partial charge in [-0.15, -0.1) is 0 Å². The average Bonchev–Trinajstić information content (AvgIpc) is 2.27. The second-order valence-corrected chi connectivity index (χ2v) is 4.88. The molecule has 2 heterocycles. The molecule has 0 aromatic carbocycles. The van der Waals surface area contributed by atoms with Crippen LogP contribution in [0.15, 0.2) is 16.7 Å². The van der Waals surface area contributed by atoms with Crippen LogP contribution in [0.4, 0.5) is 19.0 Å². The maximum atomic E-state index is 12.6. The third-order valence-electron chi connectivity index (χ3n) is 2.70. The zero-order chi connectivity index (χ0) is 13.3. The van der Waals surface area contributed by atoms with Crippen LogP contribution in [-0.2, 0) is 10.9 Å². The van der Waals surface area contributed by atoms with E-state index in [1.165, 1.54) is 6.07 Å². The summed E-state index contributed by atoms with van der Waals surface area (Å²) in [5, 5.41) is 0. The smallest absolute Gasteiger partial charge is 0.375 e. The standard InChI is InChI=1S/C11H12BrF3N2O/c1-7-6-17(4-5-18-7)9-3-2-8(10(12)16-9)11(13,14)15/h2-3,7H,4-6H2,1H3/t7-/m0/s1. The van der Waals surface area contributed by atoms with Gasteiger partial charge in [0.25, 0.3) is 0 Å². The van der Waals surface area contributed by atoms with E-state index < -0.39 is 11.7 Å². The zero-order valence-corrected chi connectivity index (χ0v) is 11.3. The van der Waals surface area contributed by atoms with Crippen molar-refractivity contribution in [2.45, 2.75) is 19.2 Å². The van der Waals surface area contributed by atoms with Crippen molar-refractivity contribution in [1.29, 1.82) is 0 Å². The predicted octanol–water partition coefficient (Wildman–Crippen LogP) is 3.09. The van der Waals surface area contributed by atoms with Gasteiger partial charge in [0.15, 0.2) is 0 Å². The van der Waals surface area contributed by atoms with E-state index in [1.54, 1.807) is 0 Å². The summed E-state index contributed by atoms with van der Waals surface area (Å²) in [5.41, 5.74) is -0.757. The van der Waals surface area contributed by atoms with Gasteiger partial charge >= 0.3 is 6.18 Å². The van der Waals surface area contributed by atoms with Crippen LogP contribution in [0.2, 0.25) is 0 Å². The molecule has 2 rings (SSSR count). The van der Waals surface area contributed by atoms with Gasteiger partial charge in [0.2, 0.25) is 0 Å². The number of aromatic nitrogens is 1. The number of pyridine rings is 1. The number of halogens is 4. The van der Waals surface area contributed by atoms with Crippen molar-refractivity contribution >= 4 is 21.7 Å². The fourth-order valence-electron chi connectivity index (χ4n) is 1.84. The lowest BCUT2D eigenvalue weighted by molar-refractivity contribution is -0.138. The number of alkyl halides is 3. The highest BCUT2D eigenvalue weighted by molar-refractivity contribution is 9.10. The first-order chi connectivity index (χ1) is 8.38. The second-order valence-electron chi connectivity index (χ2n) is 4.13. The Morgan fingerprint density at radius 3 is 2.72 bits per heavy atom. The summed E-state index contributed by atoms with van der Waals surface area (Å²) in [7, 11) is 0. The molecule has 0 bridgehead atoms. The lowest BCUT2D eigenvalue weighted by atomic mass is 10.2. The number of hydrogen-bond donors (Lipinski definition) is 0. The van der Waals surface area contributed by atoms with Gasteiger partial charge in [-0.1, -0.05) is 0 Å². The van der Waals surface area contributed by atoms with Gasteiger partial charge in [-0.25, -0.2) is 4.98 Å². The van der Waals surface area contributed by atoms with Gasteiger partial charge in [-0.2, -0.15) is 13.2 Å². The van der Waals surface area contributed by atoms with Crippen LogP contribution in [0.1, 0.15) is 12.5 Å². The molecule has 1 aromatic heterocycles. The van der Waals surface area contributed by atoms with Crippen molar-refractivity contribution in [3.63, 3.8) is 0 Å². The summed E-state index contributed by atoms with van der Waals surface area (Å²) >= 11 is 2.88. The molecule has 0 amide bonds. The Morgan fingerprint density at radius 2 is 2.17 bits per heavy atom. The quantitative estimate of drug-likeness (QED) is 0.742. The van der Waals surface area contributed by atoms with Crippen molar-refractivity contribution in [1.82, 2.24) is 4.98 Å². The Labute approximate surface area is 111 Å².